The maximum Gasteiger partial charge on any atom is 0.123 e. The van der Waals surface area contributed by atoms with Crippen molar-refractivity contribution in [2.24, 2.45) is 5.73 Å². The molecule has 0 aromatic heterocycles. The second kappa shape index (κ2) is 4.53. The van der Waals surface area contributed by atoms with Crippen molar-refractivity contribution in [1.29, 1.82) is 0 Å². The van der Waals surface area contributed by atoms with Gasteiger partial charge < -0.3 is 15.4 Å². The number of benzene rings is 1. The molecule has 2 N–H and O–H groups in total. The predicted octanol–water partition coefficient (Wildman–Crippen LogP) is 1.63. The van der Waals surface area contributed by atoms with Gasteiger partial charge in [-0.1, -0.05) is 18.7 Å². The molecule has 0 aliphatic carbocycles. The number of ether oxygens (including phenoxy) is 1. The fourth-order valence-corrected chi connectivity index (χ4v) is 1.79. The lowest BCUT2D eigenvalue weighted by Crippen LogP contribution is -2.39. The summed E-state index contributed by atoms with van der Waals surface area (Å²) < 4.78 is 18.4. The zero-order valence-electron chi connectivity index (χ0n) is 9.03. The molecule has 1 aromatic carbocycles. The number of hydrogen-bond donors (Lipinski definition) is 1. The third-order valence-corrected chi connectivity index (χ3v) is 2.71. The number of nitrogens with zero attached hydrogens (tertiary/aromatic N) is 1. The first-order valence-electron chi connectivity index (χ1n) is 5.23. The highest BCUT2D eigenvalue weighted by atomic mass is 19.1. The molecular weight excluding hydrogens is 207 g/mol. The van der Waals surface area contributed by atoms with E-state index in [4.69, 9.17) is 10.5 Å². The molecule has 1 atom stereocenters. The maximum atomic E-state index is 12.8. The molecule has 1 fully saturated rings. The molecule has 1 aromatic rings. The van der Waals surface area contributed by atoms with Crippen LogP contribution in [-0.2, 0) is 4.74 Å². The fourth-order valence-electron chi connectivity index (χ4n) is 1.79. The van der Waals surface area contributed by atoms with Gasteiger partial charge in [-0.3, -0.25) is 0 Å². The van der Waals surface area contributed by atoms with E-state index in [1.54, 1.807) is 12.1 Å². The van der Waals surface area contributed by atoms with E-state index in [2.05, 4.69) is 6.58 Å². The average Bonchev–Trinajstić information content (AvgIpc) is 2.30. The number of rotatable bonds is 2. The molecule has 0 unspecified atom stereocenters. The lowest BCUT2D eigenvalue weighted by Gasteiger charge is -2.34. The standard InChI is InChI=1S/C12H15FN2O/c1-9(14)15-6-7-16-12(8-15)10-2-4-11(13)5-3-10/h2-5,12H,1,6-8,14H2/t12-/m1/s1. The third kappa shape index (κ3) is 2.33. The Bertz CT molecular complexity index is 377. The van der Waals surface area contributed by atoms with E-state index in [9.17, 15) is 4.39 Å². The Kier molecular flexibility index (Phi) is 3.10. The molecule has 0 amide bonds. The average molecular weight is 222 g/mol. The van der Waals surface area contributed by atoms with Crippen LogP contribution in [0, 0.1) is 5.82 Å². The van der Waals surface area contributed by atoms with Crippen molar-refractivity contribution in [3.05, 3.63) is 48.0 Å². The summed E-state index contributed by atoms with van der Waals surface area (Å²) >= 11 is 0. The molecule has 1 aliphatic rings. The van der Waals surface area contributed by atoms with Crippen molar-refractivity contribution in [2.75, 3.05) is 19.7 Å². The highest BCUT2D eigenvalue weighted by molar-refractivity contribution is 5.19. The van der Waals surface area contributed by atoms with E-state index in [0.717, 1.165) is 12.1 Å². The van der Waals surface area contributed by atoms with Gasteiger partial charge in [-0.2, -0.15) is 0 Å². The fraction of sp³-hybridized carbons (Fsp3) is 0.333. The minimum absolute atomic E-state index is 0.0605. The van der Waals surface area contributed by atoms with Gasteiger partial charge in [-0.25, -0.2) is 4.39 Å². The minimum Gasteiger partial charge on any atom is -0.386 e. The topological polar surface area (TPSA) is 38.5 Å². The second-order valence-corrected chi connectivity index (χ2v) is 3.85. The zero-order chi connectivity index (χ0) is 11.5. The predicted molar refractivity (Wildman–Crippen MR) is 60.0 cm³/mol. The van der Waals surface area contributed by atoms with Gasteiger partial charge in [0.25, 0.3) is 0 Å². The molecule has 16 heavy (non-hydrogen) atoms. The number of halogens is 1. The summed E-state index contributed by atoms with van der Waals surface area (Å²) in [5.74, 6) is 0.315. The largest absolute Gasteiger partial charge is 0.386 e. The Morgan fingerprint density at radius 2 is 2.12 bits per heavy atom. The normalized spacial score (nSPS) is 20.8. The molecule has 0 radical (unpaired) electrons. The summed E-state index contributed by atoms with van der Waals surface area (Å²) in [5, 5.41) is 0. The van der Waals surface area contributed by atoms with Crippen molar-refractivity contribution in [2.45, 2.75) is 6.10 Å². The zero-order valence-corrected chi connectivity index (χ0v) is 9.03. The van der Waals surface area contributed by atoms with E-state index in [1.165, 1.54) is 12.1 Å². The third-order valence-electron chi connectivity index (χ3n) is 2.71. The van der Waals surface area contributed by atoms with Crippen LogP contribution in [0.2, 0.25) is 0 Å². The molecule has 1 aliphatic heterocycles. The van der Waals surface area contributed by atoms with Crippen LogP contribution in [0.15, 0.2) is 36.7 Å². The number of hydrogen-bond acceptors (Lipinski definition) is 3. The second-order valence-electron chi connectivity index (χ2n) is 3.85. The van der Waals surface area contributed by atoms with Crippen LogP contribution in [0.4, 0.5) is 4.39 Å². The number of nitrogens with two attached hydrogens (primary N) is 1. The van der Waals surface area contributed by atoms with Gasteiger partial charge in [-0.15, -0.1) is 0 Å². The van der Waals surface area contributed by atoms with Crippen LogP contribution in [0.5, 0.6) is 0 Å². The molecule has 0 bridgehead atoms. The molecule has 0 saturated carbocycles. The van der Waals surface area contributed by atoms with Gasteiger partial charge in [0.2, 0.25) is 0 Å². The van der Waals surface area contributed by atoms with E-state index < -0.39 is 0 Å². The van der Waals surface area contributed by atoms with E-state index in [1.807, 2.05) is 4.90 Å². The van der Waals surface area contributed by atoms with E-state index in [0.29, 0.717) is 19.0 Å². The summed E-state index contributed by atoms with van der Waals surface area (Å²) in [6.07, 6.45) is -0.0605. The van der Waals surface area contributed by atoms with Gasteiger partial charge in [0.1, 0.15) is 11.9 Å². The SMILES string of the molecule is C=C(N)N1CCO[C@@H](c2ccc(F)cc2)C1. The Morgan fingerprint density at radius 3 is 2.75 bits per heavy atom. The highest BCUT2D eigenvalue weighted by Gasteiger charge is 2.21. The van der Waals surface area contributed by atoms with Crippen LogP contribution in [0.25, 0.3) is 0 Å². The molecule has 2 rings (SSSR count). The molecule has 4 heteroatoms. The maximum absolute atomic E-state index is 12.8. The Morgan fingerprint density at radius 1 is 1.44 bits per heavy atom. The Labute approximate surface area is 94.3 Å². The van der Waals surface area contributed by atoms with Gasteiger partial charge in [0.05, 0.1) is 12.4 Å². The van der Waals surface area contributed by atoms with Crippen molar-refractivity contribution >= 4 is 0 Å². The van der Waals surface area contributed by atoms with Gasteiger partial charge in [0.15, 0.2) is 0 Å². The van der Waals surface area contributed by atoms with Crippen molar-refractivity contribution < 1.29 is 9.13 Å². The molecule has 1 saturated heterocycles. The van der Waals surface area contributed by atoms with Crippen molar-refractivity contribution in [3.63, 3.8) is 0 Å². The molecular formula is C12H15FN2O. The van der Waals surface area contributed by atoms with E-state index in [-0.39, 0.29) is 11.9 Å². The van der Waals surface area contributed by atoms with Crippen molar-refractivity contribution in [1.82, 2.24) is 4.90 Å². The monoisotopic (exact) mass is 222 g/mol. The van der Waals surface area contributed by atoms with Crippen LogP contribution >= 0.6 is 0 Å². The first kappa shape index (κ1) is 11.0. The van der Waals surface area contributed by atoms with Crippen LogP contribution in [0.3, 0.4) is 0 Å². The molecule has 86 valence electrons. The van der Waals surface area contributed by atoms with Gasteiger partial charge in [0, 0.05) is 13.1 Å². The molecule has 3 nitrogen and oxygen atoms in total. The summed E-state index contributed by atoms with van der Waals surface area (Å²) in [7, 11) is 0. The summed E-state index contributed by atoms with van der Waals surface area (Å²) in [6.45, 7) is 5.74. The lowest BCUT2D eigenvalue weighted by atomic mass is 10.1. The van der Waals surface area contributed by atoms with Crippen LogP contribution in [0.1, 0.15) is 11.7 Å². The molecule has 1 heterocycles. The van der Waals surface area contributed by atoms with E-state index >= 15 is 0 Å². The summed E-state index contributed by atoms with van der Waals surface area (Å²) in [6, 6.07) is 6.36. The number of morpholine rings is 1. The summed E-state index contributed by atoms with van der Waals surface area (Å²) in [4.78, 5) is 1.97. The van der Waals surface area contributed by atoms with Crippen molar-refractivity contribution in [3.8, 4) is 0 Å². The Balaban J connectivity index is 2.09. The van der Waals surface area contributed by atoms with Crippen LogP contribution in [-0.4, -0.2) is 24.6 Å². The smallest absolute Gasteiger partial charge is 0.123 e. The lowest BCUT2D eigenvalue weighted by molar-refractivity contribution is -0.0184. The summed E-state index contributed by atoms with van der Waals surface area (Å²) in [5.41, 5.74) is 6.61. The van der Waals surface area contributed by atoms with Gasteiger partial charge in [-0.05, 0) is 17.7 Å². The Hall–Kier alpha value is -1.55. The minimum atomic E-state index is -0.236. The highest BCUT2D eigenvalue weighted by Crippen LogP contribution is 2.23. The quantitative estimate of drug-likeness (QED) is 0.826. The molecule has 0 spiro atoms. The van der Waals surface area contributed by atoms with Crippen LogP contribution < -0.4 is 5.73 Å². The first-order chi connectivity index (χ1) is 7.66. The van der Waals surface area contributed by atoms with Gasteiger partial charge >= 0.3 is 0 Å². The first-order valence-corrected chi connectivity index (χ1v) is 5.23.